The number of ketones is 2. The molecule has 1 amide bonds. The minimum Gasteiger partial charge on any atom is -0.497 e. The van der Waals surface area contributed by atoms with Crippen molar-refractivity contribution in [2.24, 2.45) is 5.92 Å². The van der Waals surface area contributed by atoms with E-state index in [1.807, 2.05) is 61.7 Å². The lowest BCUT2D eigenvalue weighted by molar-refractivity contribution is -0.121. The van der Waals surface area contributed by atoms with Crippen LogP contribution in [0.4, 0.5) is 11.4 Å². The lowest BCUT2D eigenvalue weighted by atomic mass is 9.64. The number of carbonyl (C=O) groups excluding carboxylic acids is 3. The highest BCUT2D eigenvalue weighted by Gasteiger charge is 2.70. The minimum atomic E-state index is -1.32. The first kappa shape index (κ1) is 25.5. The molecule has 0 aliphatic carbocycles. The number of allylic oxidation sites excluding steroid dienone is 1. The van der Waals surface area contributed by atoms with E-state index >= 15 is 0 Å². The maximum atomic E-state index is 14.8. The maximum absolute atomic E-state index is 14.8. The van der Waals surface area contributed by atoms with E-state index in [0.29, 0.717) is 21.9 Å². The molecule has 1 N–H and O–H groups in total. The van der Waals surface area contributed by atoms with E-state index < -0.39 is 23.4 Å². The number of aryl methyl sites for hydroxylation is 1. The van der Waals surface area contributed by atoms with E-state index in [1.165, 1.54) is 11.3 Å². The minimum absolute atomic E-state index is 0.162. The van der Waals surface area contributed by atoms with Gasteiger partial charge < -0.3 is 15.0 Å². The smallest absolute Gasteiger partial charge is 0.238 e. The van der Waals surface area contributed by atoms with E-state index in [9.17, 15) is 14.4 Å². The van der Waals surface area contributed by atoms with Crippen LogP contribution in [0.1, 0.15) is 43.6 Å². The molecule has 4 aromatic rings. The molecule has 1 aromatic heterocycles. The molecule has 1 saturated heterocycles. The third kappa shape index (κ3) is 3.51. The number of hydrogen-bond acceptors (Lipinski definition) is 6. The predicted molar refractivity (Wildman–Crippen MR) is 161 cm³/mol. The molecular weight excluding hydrogens is 532 g/mol. The lowest BCUT2D eigenvalue weighted by Gasteiger charge is -2.39. The third-order valence-corrected chi connectivity index (χ3v) is 9.71. The summed E-state index contributed by atoms with van der Waals surface area (Å²) in [5.74, 6) is -1.04. The number of amides is 1. The Morgan fingerprint density at radius 3 is 2.46 bits per heavy atom. The molecule has 3 aromatic carbocycles. The van der Waals surface area contributed by atoms with Crippen LogP contribution in [0.25, 0.3) is 5.57 Å². The normalized spacial score (nSPS) is 23.9. The van der Waals surface area contributed by atoms with Gasteiger partial charge in [0.05, 0.1) is 23.9 Å². The molecule has 41 heavy (non-hydrogen) atoms. The molecule has 4 heterocycles. The van der Waals surface area contributed by atoms with Crippen molar-refractivity contribution < 1.29 is 19.1 Å². The molecule has 0 saturated carbocycles. The summed E-state index contributed by atoms with van der Waals surface area (Å²) in [6, 6.07) is 22.8. The molecule has 4 atom stereocenters. The van der Waals surface area contributed by atoms with Crippen LogP contribution >= 0.6 is 11.3 Å². The monoisotopic (exact) mass is 560 g/mol. The van der Waals surface area contributed by atoms with E-state index in [1.54, 1.807) is 37.4 Å². The molecule has 3 aliphatic heterocycles. The topological polar surface area (TPSA) is 75.7 Å². The molecule has 0 radical (unpaired) electrons. The number of anilines is 2. The fourth-order valence-electron chi connectivity index (χ4n) is 7.05. The van der Waals surface area contributed by atoms with Gasteiger partial charge in [0.1, 0.15) is 17.2 Å². The van der Waals surface area contributed by atoms with Gasteiger partial charge in [-0.3, -0.25) is 14.4 Å². The van der Waals surface area contributed by atoms with Crippen molar-refractivity contribution in [2.75, 3.05) is 17.3 Å². The molecule has 6 nitrogen and oxygen atoms in total. The van der Waals surface area contributed by atoms with Crippen LogP contribution in [0.15, 0.2) is 90.3 Å². The Hall–Kier alpha value is -4.49. The first-order chi connectivity index (χ1) is 19.9. The van der Waals surface area contributed by atoms with Gasteiger partial charge in [-0.05, 0) is 78.9 Å². The summed E-state index contributed by atoms with van der Waals surface area (Å²) in [6.07, 6.45) is 2.08. The number of benzene rings is 3. The van der Waals surface area contributed by atoms with Crippen molar-refractivity contribution in [2.45, 2.75) is 31.3 Å². The van der Waals surface area contributed by atoms with Gasteiger partial charge in [0.15, 0.2) is 11.6 Å². The Kier molecular flexibility index (Phi) is 5.77. The Bertz CT molecular complexity index is 1760. The van der Waals surface area contributed by atoms with Gasteiger partial charge in [0.25, 0.3) is 0 Å². The molecular formula is C34H28N2O4S. The first-order valence-corrected chi connectivity index (χ1v) is 14.5. The fraction of sp³-hybridized carbons (Fsp3) is 0.206. The van der Waals surface area contributed by atoms with Crippen molar-refractivity contribution in [1.82, 2.24) is 0 Å². The van der Waals surface area contributed by atoms with Gasteiger partial charge >= 0.3 is 0 Å². The summed E-state index contributed by atoms with van der Waals surface area (Å²) >= 11 is 1.35. The second kappa shape index (κ2) is 9.28. The Balaban J connectivity index is 1.54. The summed E-state index contributed by atoms with van der Waals surface area (Å²) in [6.45, 7) is 4.08. The summed E-state index contributed by atoms with van der Waals surface area (Å²) in [4.78, 5) is 46.4. The average Bonchev–Trinajstić information content (AvgIpc) is 3.70. The van der Waals surface area contributed by atoms with Crippen molar-refractivity contribution in [1.29, 1.82) is 0 Å². The largest absolute Gasteiger partial charge is 0.497 e. The number of methoxy groups -OCH3 is 1. The Morgan fingerprint density at radius 2 is 1.73 bits per heavy atom. The second-order valence-electron chi connectivity index (χ2n) is 10.9. The van der Waals surface area contributed by atoms with Crippen LogP contribution in [-0.4, -0.2) is 36.7 Å². The van der Waals surface area contributed by atoms with Crippen molar-refractivity contribution in [3.63, 3.8) is 0 Å². The third-order valence-electron chi connectivity index (χ3n) is 8.82. The number of Topliss-reactive ketones (excluding diaryl/α,β-unsaturated/α-hetero) is 2. The number of nitrogens with one attached hydrogen (secondary N) is 1. The summed E-state index contributed by atoms with van der Waals surface area (Å²) in [5, 5.41) is 4.95. The molecule has 0 bridgehead atoms. The average molecular weight is 561 g/mol. The summed E-state index contributed by atoms with van der Waals surface area (Å²) in [7, 11) is 1.57. The fourth-order valence-corrected chi connectivity index (χ4v) is 7.74. The highest BCUT2D eigenvalue weighted by Crippen LogP contribution is 2.59. The lowest BCUT2D eigenvalue weighted by Crippen LogP contribution is -2.51. The number of carbonyl (C=O) groups is 3. The van der Waals surface area contributed by atoms with Crippen LogP contribution in [0.2, 0.25) is 0 Å². The van der Waals surface area contributed by atoms with Gasteiger partial charge in [0, 0.05) is 22.5 Å². The van der Waals surface area contributed by atoms with Gasteiger partial charge in [-0.1, -0.05) is 42.0 Å². The predicted octanol–water partition coefficient (Wildman–Crippen LogP) is 6.31. The van der Waals surface area contributed by atoms with Gasteiger partial charge in [-0.25, -0.2) is 0 Å². The van der Waals surface area contributed by atoms with E-state index in [0.717, 1.165) is 28.0 Å². The number of ether oxygens (including phenoxy) is 1. The molecule has 3 aliphatic rings. The highest BCUT2D eigenvalue weighted by molar-refractivity contribution is 7.12. The SMILES string of the molecule is COc1ccc(C(=O)[C@@H]2[C@H](C(=O)c3cccs3)N3c4ccc(C)cc4C(C)=C[C@@H]3[C@@]23C(=O)Nc2ccccc23)cc1. The Labute approximate surface area is 242 Å². The standard InChI is InChI=1S/C34H28N2O4S/c1-19-10-15-26-23(17-19)20(2)18-28-34(24-7-4-5-8-25(24)35-33(34)39)29(31(37)21-11-13-22(40-3)14-12-21)30(36(26)28)32(38)27-9-6-16-41-27/h4-18,28-30H,1-3H3,(H,35,39)/t28-,29+,30-,34-/m1/s1. The molecule has 1 fully saturated rings. The zero-order valence-corrected chi connectivity index (χ0v) is 23.7. The highest BCUT2D eigenvalue weighted by atomic mass is 32.1. The number of rotatable bonds is 5. The van der Waals surface area contributed by atoms with Gasteiger partial charge in [-0.15, -0.1) is 11.3 Å². The summed E-state index contributed by atoms with van der Waals surface area (Å²) in [5.41, 5.74) is 4.50. The van der Waals surface area contributed by atoms with Crippen LogP contribution in [0.3, 0.4) is 0 Å². The number of thiophene rings is 1. The van der Waals surface area contributed by atoms with Gasteiger partial charge in [-0.2, -0.15) is 0 Å². The zero-order chi connectivity index (χ0) is 28.5. The van der Waals surface area contributed by atoms with Crippen LogP contribution < -0.4 is 15.0 Å². The maximum Gasteiger partial charge on any atom is 0.238 e. The molecule has 0 unspecified atom stereocenters. The second-order valence-corrected chi connectivity index (χ2v) is 11.9. The molecule has 1 spiro atoms. The van der Waals surface area contributed by atoms with Crippen LogP contribution in [0.5, 0.6) is 5.75 Å². The van der Waals surface area contributed by atoms with Crippen molar-refractivity contribution >= 4 is 45.8 Å². The number of nitrogens with zero attached hydrogens (tertiary/aromatic N) is 1. The molecule has 7 rings (SSSR count). The quantitative estimate of drug-likeness (QED) is 0.290. The van der Waals surface area contributed by atoms with Crippen LogP contribution in [0, 0.1) is 12.8 Å². The van der Waals surface area contributed by atoms with E-state index in [2.05, 4.69) is 22.4 Å². The Morgan fingerprint density at radius 1 is 0.951 bits per heavy atom. The number of para-hydroxylation sites is 1. The molecule has 7 heteroatoms. The van der Waals surface area contributed by atoms with E-state index in [4.69, 9.17) is 4.74 Å². The zero-order valence-electron chi connectivity index (χ0n) is 22.9. The number of hydrogen-bond donors (Lipinski definition) is 1. The first-order valence-electron chi connectivity index (χ1n) is 13.6. The van der Waals surface area contributed by atoms with Crippen molar-refractivity contribution in [3.05, 3.63) is 117 Å². The summed E-state index contributed by atoms with van der Waals surface area (Å²) < 4.78 is 5.33. The van der Waals surface area contributed by atoms with Gasteiger partial charge in [0.2, 0.25) is 5.91 Å². The molecule has 204 valence electrons. The van der Waals surface area contributed by atoms with Crippen LogP contribution in [-0.2, 0) is 10.2 Å². The van der Waals surface area contributed by atoms with E-state index in [-0.39, 0.29) is 17.5 Å². The number of fused-ring (bicyclic) bond motifs is 6. The van der Waals surface area contributed by atoms with Crippen molar-refractivity contribution in [3.8, 4) is 5.75 Å².